The number of carboxylic acid groups (broad SMARTS) is 3. The lowest BCUT2D eigenvalue weighted by molar-refractivity contribution is -0.142. The molecule has 0 fully saturated rings. The summed E-state index contributed by atoms with van der Waals surface area (Å²) in [4.78, 5) is 149. The molecule has 39 heteroatoms. The number of guanidine groups is 4. The molecular weight excluding hydrogens is 1240 g/mol. The Bertz CT molecular complexity index is 2580. The summed E-state index contributed by atoms with van der Waals surface area (Å²) in [6.07, 6.45) is 0.430. The van der Waals surface area contributed by atoms with E-state index in [1.165, 1.54) is 0 Å². The molecule has 0 unspecified atom stereocenters. The Labute approximate surface area is 530 Å². The number of carboxylic acids is 3. The molecule has 0 aliphatic carbocycles. The highest BCUT2D eigenvalue weighted by Gasteiger charge is 2.34. The highest BCUT2D eigenvalue weighted by Crippen LogP contribution is 2.26. The van der Waals surface area contributed by atoms with Gasteiger partial charge in [0.2, 0.25) is 41.4 Å². The van der Waals surface area contributed by atoms with Gasteiger partial charge >= 0.3 is 17.9 Å². The molecule has 0 aromatic heterocycles. The minimum absolute atomic E-state index is 0.0254. The Morgan fingerprint density at radius 3 is 0.955 bits per heavy atom. The monoisotopic (exact) mass is 1330 g/mol. The molecule has 0 radical (unpaired) electrons. The molecule has 35 nitrogen and oxygen atoms in total. The average molecular weight is 1330 g/mol. The third-order valence-corrected chi connectivity index (χ3v) is 17.1. The predicted molar refractivity (Wildman–Crippen MR) is 345 cm³/mol. The number of nitrogens with zero attached hydrogens (tertiary/aromatic N) is 4. The summed E-state index contributed by atoms with van der Waals surface area (Å²) >= 11 is 0. The van der Waals surface area contributed by atoms with Gasteiger partial charge in [-0.2, -0.15) is 0 Å². The Morgan fingerprint density at radius 1 is 0.393 bits per heavy atom. The Balaban J connectivity index is 3.75. The second-order valence-corrected chi connectivity index (χ2v) is 25.2. The maximum absolute atomic E-state index is 14.6. The van der Waals surface area contributed by atoms with Crippen molar-refractivity contribution in [2.45, 2.75) is 132 Å². The molecule has 32 N–H and O–H groups in total. The van der Waals surface area contributed by atoms with Crippen LogP contribution in [0.3, 0.4) is 0 Å². The van der Waals surface area contributed by atoms with E-state index in [4.69, 9.17) is 63.1 Å². The summed E-state index contributed by atoms with van der Waals surface area (Å²) in [5, 5.41) is 47.7. The maximum atomic E-state index is 14.6. The molecule has 500 valence electrons. The number of aliphatic carboxylic acids is 3. The third-order valence-electron chi connectivity index (χ3n) is 12.3. The molecule has 7 amide bonds. The molecule has 0 saturated carbocycles. The molecule has 1 aromatic rings. The second-order valence-electron chi connectivity index (χ2n) is 20.0. The van der Waals surface area contributed by atoms with Crippen molar-refractivity contribution in [1.29, 1.82) is 0 Å². The number of nitrogens with one attached hydrogen (secondary N) is 7. The number of rotatable bonds is 46. The number of carbonyl (C=O) groups excluding carboxylic acids is 7. The fraction of sp³-hybridized carbons (Fsp3) is 0.600. The molecule has 0 spiro atoms. The molecule has 0 saturated heterocycles. The first-order valence-electron chi connectivity index (χ1n) is 27.8. The summed E-state index contributed by atoms with van der Waals surface area (Å²) in [5.41, 5.74) is 62.1. The van der Waals surface area contributed by atoms with Gasteiger partial charge in [-0.1, -0.05) is 87.4 Å². The smallest absolute Gasteiger partial charge is 0.326 e. The van der Waals surface area contributed by atoms with Gasteiger partial charge in [0.15, 0.2) is 23.8 Å². The van der Waals surface area contributed by atoms with Crippen molar-refractivity contribution in [2.24, 2.45) is 89.0 Å². The molecule has 1 aromatic carbocycles. The number of aliphatic imine (C=N–C) groups is 4. The van der Waals surface area contributed by atoms with Crippen LogP contribution in [0.4, 0.5) is 0 Å². The average Bonchev–Trinajstić information content (AvgIpc) is 3.38. The van der Waals surface area contributed by atoms with Crippen molar-refractivity contribution >= 4 is 126 Å². The lowest BCUT2D eigenvalue weighted by atomic mass is 10.0. The fourth-order valence-corrected chi connectivity index (χ4v) is 11.9. The van der Waals surface area contributed by atoms with Crippen LogP contribution in [-0.4, -0.2) is 208 Å². The second kappa shape index (κ2) is 43.8. The predicted octanol–water partition coefficient (Wildman–Crippen LogP) is -6.51. The zero-order chi connectivity index (χ0) is 67.2. The van der Waals surface area contributed by atoms with Crippen LogP contribution in [0.1, 0.15) is 70.8 Å². The number of nitrogens with two attached hydrogens (primary N) is 11. The SMILES string of the molecule is CC(C)[C@H](N)C(=O)N[C@@H](CSSC[C@H](NC(=O)[C@@H](N)CCCN=C(N)N)C(=O)N[C@@H](CSSC[C@@H](NC(=O)[C@@H](N)CCCN=C(N)N)C(=O)N[C@@H](CCCN=C(N)N)C(=O)O)C(=O)N[C@@H](Cc1ccccc1)C(=O)O)C(=O)N[C@@H](CCCN=C(N)N)C(=O)O. The largest absolute Gasteiger partial charge is 0.480 e. The first kappa shape index (κ1) is 79.3. The quantitative estimate of drug-likeness (QED) is 0.0125. The van der Waals surface area contributed by atoms with E-state index in [1.807, 2.05) is 0 Å². The first-order valence-corrected chi connectivity index (χ1v) is 32.7. The van der Waals surface area contributed by atoms with Gasteiger partial charge in [0.25, 0.3) is 0 Å². The van der Waals surface area contributed by atoms with Gasteiger partial charge in [-0.3, -0.25) is 53.5 Å². The van der Waals surface area contributed by atoms with Crippen molar-refractivity contribution in [3.05, 3.63) is 35.9 Å². The van der Waals surface area contributed by atoms with E-state index in [0.29, 0.717) is 5.56 Å². The van der Waals surface area contributed by atoms with Crippen LogP contribution in [0.2, 0.25) is 0 Å². The Morgan fingerprint density at radius 2 is 0.663 bits per heavy atom. The van der Waals surface area contributed by atoms with Gasteiger partial charge in [0, 0.05) is 55.6 Å². The van der Waals surface area contributed by atoms with Gasteiger partial charge < -0.3 is 116 Å². The van der Waals surface area contributed by atoms with Crippen molar-refractivity contribution < 1.29 is 63.3 Å². The lowest BCUT2D eigenvalue weighted by Crippen LogP contribution is -2.58. The summed E-state index contributed by atoms with van der Waals surface area (Å²) in [7, 11) is 3.57. The molecule has 0 aliphatic rings. The van der Waals surface area contributed by atoms with E-state index in [-0.39, 0.29) is 137 Å². The molecular formula is C50H88N22O13S4. The molecule has 89 heavy (non-hydrogen) atoms. The van der Waals surface area contributed by atoms with E-state index in [0.717, 1.165) is 43.2 Å². The maximum Gasteiger partial charge on any atom is 0.326 e. The zero-order valence-corrected chi connectivity index (χ0v) is 52.7. The van der Waals surface area contributed by atoms with Crippen molar-refractivity contribution in [2.75, 3.05) is 49.2 Å². The van der Waals surface area contributed by atoms with Gasteiger partial charge in [-0.25, -0.2) is 14.4 Å². The fourth-order valence-electron chi connectivity index (χ4n) is 7.29. The summed E-state index contributed by atoms with van der Waals surface area (Å²) in [6, 6.07) is -5.76. The summed E-state index contributed by atoms with van der Waals surface area (Å²) in [6.45, 7) is 3.65. The van der Waals surface area contributed by atoms with E-state index in [2.05, 4.69) is 57.2 Å². The Kier molecular flexibility index (Phi) is 39.1. The summed E-state index contributed by atoms with van der Waals surface area (Å²) < 4.78 is 0. The third kappa shape index (κ3) is 35.2. The van der Waals surface area contributed by atoms with Crippen LogP contribution in [0.25, 0.3) is 0 Å². The topological polar surface area (TPSA) is 651 Å². The minimum atomic E-state index is -1.62. The van der Waals surface area contributed by atoms with Gasteiger partial charge in [0.1, 0.15) is 42.3 Å². The first-order chi connectivity index (χ1) is 41.9. The highest BCUT2D eigenvalue weighted by atomic mass is 33.1. The van der Waals surface area contributed by atoms with Gasteiger partial charge in [0.05, 0.1) is 18.1 Å². The van der Waals surface area contributed by atoms with E-state index >= 15 is 0 Å². The zero-order valence-electron chi connectivity index (χ0n) is 49.5. The van der Waals surface area contributed by atoms with Crippen LogP contribution in [0, 0.1) is 5.92 Å². The van der Waals surface area contributed by atoms with E-state index in [9.17, 15) is 63.3 Å². The van der Waals surface area contributed by atoms with Crippen molar-refractivity contribution in [1.82, 2.24) is 37.2 Å². The molecule has 0 heterocycles. The number of hydrogen-bond donors (Lipinski definition) is 21. The van der Waals surface area contributed by atoms with Crippen LogP contribution < -0.4 is 100 Å². The number of carbonyl (C=O) groups is 10. The number of benzene rings is 1. The highest BCUT2D eigenvalue weighted by molar-refractivity contribution is 8.77. The van der Waals surface area contributed by atoms with Crippen LogP contribution >= 0.6 is 43.2 Å². The number of amides is 7. The molecule has 1 rings (SSSR count). The van der Waals surface area contributed by atoms with Crippen molar-refractivity contribution in [3.63, 3.8) is 0 Å². The van der Waals surface area contributed by atoms with Crippen LogP contribution in [0.5, 0.6) is 0 Å². The standard InChI is InChI=1S/C50H88N22O13S4/c1-25(2)36(53)43(79)72-35(40(76)67-30(45(82)83)15-9-19-65-50(60)61)24-89-87-22-33(70-38(74)28(52)13-7-17-63-48(56)57)42(78)71-34(41(77)68-31(46(84)85)20-26-10-4-3-5-11-26)23-88-86-21-32(69-37(73)27(51)12-6-16-62-47(54)55)39(75)66-29(44(80)81)14-8-18-64-49(58)59/h3-5,10-11,25,27-36H,6-9,12-24,51-53H2,1-2H3,(H,66,75)(H,67,76)(H,68,77)(H,69,73)(H,70,74)(H,71,78)(H,72,79)(H,80,81)(H,82,83)(H,84,85)(H4,54,55,62)(H4,56,57,63)(H4,58,59,64)(H4,60,61,65)/t27-,28-,29-,30-,31-,32+,33-,34-,35-,36-/m0/s1. The van der Waals surface area contributed by atoms with E-state index in [1.54, 1.807) is 44.2 Å². The Hall–Kier alpha value is -7.72. The minimum Gasteiger partial charge on any atom is -0.480 e. The number of hydrogen-bond acceptors (Lipinski definition) is 21. The summed E-state index contributed by atoms with van der Waals surface area (Å²) in [5.74, 6) is -13.0. The van der Waals surface area contributed by atoms with E-state index < -0.39 is 120 Å². The van der Waals surface area contributed by atoms with Gasteiger partial charge in [-0.05, 0) is 62.8 Å². The van der Waals surface area contributed by atoms with Gasteiger partial charge in [-0.15, -0.1) is 0 Å². The lowest BCUT2D eigenvalue weighted by Gasteiger charge is -2.26. The molecule has 0 bridgehead atoms. The molecule has 0 aliphatic heterocycles. The van der Waals surface area contributed by atoms with Crippen LogP contribution in [0.15, 0.2) is 50.3 Å². The molecule has 10 atom stereocenters. The van der Waals surface area contributed by atoms with Crippen LogP contribution in [-0.2, 0) is 54.4 Å². The van der Waals surface area contributed by atoms with Crippen molar-refractivity contribution in [3.8, 4) is 0 Å². The normalized spacial score (nSPS) is 14.3.